The van der Waals surface area contributed by atoms with Crippen molar-refractivity contribution in [2.75, 3.05) is 18.1 Å². The molecule has 0 aliphatic carbocycles. The van der Waals surface area contributed by atoms with Crippen molar-refractivity contribution in [2.45, 2.75) is 45.7 Å². The smallest absolute Gasteiger partial charge is 0.240 e. The van der Waals surface area contributed by atoms with Crippen LogP contribution < -0.4 is 5.73 Å². The Labute approximate surface area is 110 Å². The summed E-state index contributed by atoms with van der Waals surface area (Å²) in [5, 5.41) is 0. The van der Waals surface area contributed by atoms with Crippen LogP contribution in [-0.4, -0.2) is 49.4 Å². The second-order valence-electron chi connectivity index (χ2n) is 5.09. The Morgan fingerprint density at radius 3 is 2.44 bits per heavy atom. The Bertz CT molecular complexity index is 394. The van der Waals surface area contributed by atoms with Gasteiger partial charge in [0.15, 0.2) is 9.84 Å². The van der Waals surface area contributed by atoms with Gasteiger partial charge in [0.05, 0.1) is 17.5 Å². The van der Waals surface area contributed by atoms with Gasteiger partial charge in [0.1, 0.15) is 0 Å². The van der Waals surface area contributed by atoms with E-state index in [1.807, 2.05) is 20.8 Å². The fourth-order valence-corrected chi connectivity index (χ4v) is 4.03. The highest BCUT2D eigenvalue weighted by atomic mass is 32.2. The van der Waals surface area contributed by atoms with E-state index in [1.54, 1.807) is 4.90 Å². The third-order valence-electron chi connectivity index (χ3n) is 3.82. The minimum absolute atomic E-state index is 0.0831. The lowest BCUT2D eigenvalue weighted by atomic mass is 9.98. The highest BCUT2D eigenvalue weighted by Crippen LogP contribution is 2.19. The zero-order chi connectivity index (χ0) is 13.9. The first-order valence-corrected chi connectivity index (χ1v) is 8.41. The quantitative estimate of drug-likeness (QED) is 0.788. The van der Waals surface area contributed by atoms with Gasteiger partial charge in [-0.2, -0.15) is 0 Å². The lowest BCUT2D eigenvalue weighted by Crippen LogP contribution is -2.51. The van der Waals surface area contributed by atoms with Crippen molar-refractivity contribution in [3.63, 3.8) is 0 Å². The van der Waals surface area contributed by atoms with Gasteiger partial charge in [0.2, 0.25) is 5.91 Å². The van der Waals surface area contributed by atoms with E-state index >= 15 is 0 Å². The molecule has 1 saturated heterocycles. The van der Waals surface area contributed by atoms with Crippen LogP contribution in [0.4, 0.5) is 0 Å². The van der Waals surface area contributed by atoms with Gasteiger partial charge in [0, 0.05) is 12.6 Å². The summed E-state index contributed by atoms with van der Waals surface area (Å²) in [5.41, 5.74) is 5.94. The number of sulfone groups is 1. The van der Waals surface area contributed by atoms with Crippen LogP contribution in [0.3, 0.4) is 0 Å². The molecule has 0 saturated carbocycles. The first-order chi connectivity index (χ1) is 8.32. The van der Waals surface area contributed by atoms with Gasteiger partial charge in [-0.3, -0.25) is 4.79 Å². The van der Waals surface area contributed by atoms with Crippen LogP contribution in [-0.2, 0) is 14.6 Å². The molecule has 1 amide bonds. The fraction of sp³-hybridized carbons (Fsp3) is 0.917. The predicted octanol–water partition coefficient (Wildman–Crippen LogP) is 0.395. The van der Waals surface area contributed by atoms with Crippen molar-refractivity contribution in [1.29, 1.82) is 0 Å². The molecule has 0 bridgehead atoms. The summed E-state index contributed by atoms with van der Waals surface area (Å²) in [6.07, 6.45) is 1.38. The van der Waals surface area contributed by atoms with Crippen LogP contribution in [0.25, 0.3) is 0 Å². The van der Waals surface area contributed by atoms with E-state index in [9.17, 15) is 13.2 Å². The maximum Gasteiger partial charge on any atom is 0.240 e. The second-order valence-corrected chi connectivity index (χ2v) is 7.32. The highest BCUT2D eigenvalue weighted by Gasteiger charge is 2.36. The maximum absolute atomic E-state index is 12.3. The molecule has 0 spiro atoms. The molecule has 1 rings (SSSR count). The molecule has 18 heavy (non-hydrogen) atoms. The molecule has 0 aromatic rings. The second kappa shape index (κ2) is 6.02. The molecule has 6 heteroatoms. The summed E-state index contributed by atoms with van der Waals surface area (Å²) in [4.78, 5) is 13.9. The molecule has 1 fully saturated rings. The topological polar surface area (TPSA) is 80.5 Å². The van der Waals surface area contributed by atoms with E-state index in [-0.39, 0.29) is 29.4 Å². The molecule has 3 atom stereocenters. The van der Waals surface area contributed by atoms with Gasteiger partial charge in [-0.25, -0.2) is 8.42 Å². The first-order valence-electron chi connectivity index (χ1n) is 6.58. The number of carbonyl (C=O) groups is 1. The Morgan fingerprint density at radius 2 is 2.06 bits per heavy atom. The average molecular weight is 276 g/mol. The lowest BCUT2D eigenvalue weighted by Gasteiger charge is -2.31. The third kappa shape index (κ3) is 3.45. The molecule has 1 aliphatic heterocycles. The standard InChI is InChI=1S/C12H24N2O3S/c1-4-9(3)11(13)12(15)14(5-2)10-6-7-18(16,17)8-10/h9-11H,4-8,13H2,1-3H3/t9?,10?,11-/m1/s1. The number of nitrogens with two attached hydrogens (primary N) is 1. The minimum Gasteiger partial charge on any atom is -0.338 e. The molecule has 0 radical (unpaired) electrons. The van der Waals surface area contributed by atoms with Crippen LogP contribution in [0.1, 0.15) is 33.6 Å². The summed E-state index contributed by atoms with van der Waals surface area (Å²) < 4.78 is 22.9. The molecule has 1 aliphatic rings. The number of hydrogen-bond donors (Lipinski definition) is 1. The predicted molar refractivity (Wildman–Crippen MR) is 71.9 cm³/mol. The van der Waals surface area contributed by atoms with Crippen molar-refractivity contribution in [2.24, 2.45) is 11.7 Å². The monoisotopic (exact) mass is 276 g/mol. The van der Waals surface area contributed by atoms with Gasteiger partial charge < -0.3 is 10.6 Å². The van der Waals surface area contributed by atoms with Crippen molar-refractivity contribution < 1.29 is 13.2 Å². The Hall–Kier alpha value is -0.620. The number of amides is 1. The summed E-state index contributed by atoms with van der Waals surface area (Å²) in [6, 6.07) is -0.721. The van der Waals surface area contributed by atoms with Crippen molar-refractivity contribution in [3.8, 4) is 0 Å². The van der Waals surface area contributed by atoms with Gasteiger partial charge >= 0.3 is 0 Å². The van der Waals surface area contributed by atoms with Gasteiger partial charge in [-0.15, -0.1) is 0 Å². The molecule has 1 heterocycles. The van der Waals surface area contributed by atoms with Gasteiger partial charge in [-0.1, -0.05) is 20.3 Å². The van der Waals surface area contributed by atoms with E-state index in [0.29, 0.717) is 13.0 Å². The number of hydrogen-bond acceptors (Lipinski definition) is 4. The molecule has 5 nitrogen and oxygen atoms in total. The van der Waals surface area contributed by atoms with E-state index < -0.39 is 15.9 Å². The van der Waals surface area contributed by atoms with Crippen molar-refractivity contribution in [3.05, 3.63) is 0 Å². The fourth-order valence-electron chi connectivity index (χ4n) is 2.30. The average Bonchev–Trinajstić information content (AvgIpc) is 2.68. The van der Waals surface area contributed by atoms with Crippen LogP contribution in [0.15, 0.2) is 0 Å². The van der Waals surface area contributed by atoms with Crippen LogP contribution in [0.2, 0.25) is 0 Å². The highest BCUT2D eigenvalue weighted by molar-refractivity contribution is 7.91. The third-order valence-corrected chi connectivity index (χ3v) is 5.57. The van der Waals surface area contributed by atoms with Gasteiger partial charge in [0.25, 0.3) is 0 Å². The SMILES string of the molecule is CCC(C)[C@@H](N)C(=O)N(CC)C1CCS(=O)(=O)C1. The first kappa shape index (κ1) is 15.4. The Balaban J connectivity index is 2.75. The molecule has 2 unspecified atom stereocenters. The van der Waals surface area contributed by atoms with Gasteiger partial charge in [-0.05, 0) is 19.3 Å². The maximum atomic E-state index is 12.3. The number of carbonyl (C=O) groups excluding carboxylic acids is 1. The van der Waals surface area contributed by atoms with Crippen LogP contribution >= 0.6 is 0 Å². The summed E-state index contributed by atoms with van der Waals surface area (Å²) in [5.74, 6) is 0.262. The van der Waals surface area contributed by atoms with Crippen LogP contribution in [0.5, 0.6) is 0 Å². The molecule has 106 valence electrons. The van der Waals surface area contributed by atoms with Crippen molar-refractivity contribution >= 4 is 15.7 Å². The zero-order valence-corrected chi connectivity index (χ0v) is 12.2. The van der Waals surface area contributed by atoms with Crippen molar-refractivity contribution in [1.82, 2.24) is 4.90 Å². The summed E-state index contributed by atoms with van der Waals surface area (Å²) in [7, 11) is -2.97. The lowest BCUT2D eigenvalue weighted by molar-refractivity contribution is -0.135. The van der Waals surface area contributed by atoms with E-state index in [0.717, 1.165) is 6.42 Å². The molecular formula is C12H24N2O3S. The summed E-state index contributed by atoms with van der Waals surface area (Å²) in [6.45, 7) is 6.32. The Morgan fingerprint density at radius 1 is 1.44 bits per heavy atom. The normalized spacial score (nSPS) is 25.7. The van der Waals surface area contributed by atoms with Crippen LogP contribution in [0, 0.1) is 5.92 Å². The number of rotatable bonds is 5. The molecule has 0 aromatic heterocycles. The number of likely N-dealkylation sites (N-methyl/N-ethyl adjacent to an activating group) is 1. The summed E-state index contributed by atoms with van der Waals surface area (Å²) >= 11 is 0. The van der Waals surface area contributed by atoms with E-state index in [1.165, 1.54) is 0 Å². The zero-order valence-electron chi connectivity index (χ0n) is 11.4. The minimum atomic E-state index is -2.97. The number of nitrogens with zero attached hydrogens (tertiary/aromatic N) is 1. The van der Waals surface area contributed by atoms with E-state index in [2.05, 4.69) is 0 Å². The molecule has 2 N–H and O–H groups in total. The largest absolute Gasteiger partial charge is 0.338 e. The van der Waals surface area contributed by atoms with E-state index in [4.69, 9.17) is 5.73 Å². The molecular weight excluding hydrogens is 252 g/mol. The Kier molecular flexibility index (Phi) is 5.16. The molecule has 0 aromatic carbocycles.